The Morgan fingerprint density at radius 2 is 1.47 bits per heavy atom. The quantitative estimate of drug-likeness (QED) is 0.623. The van der Waals surface area contributed by atoms with Gasteiger partial charge in [0.25, 0.3) is 0 Å². The van der Waals surface area contributed by atoms with Crippen LogP contribution in [0.2, 0.25) is 0 Å². The van der Waals surface area contributed by atoms with Crippen LogP contribution >= 0.6 is 0 Å². The van der Waals surface area contributed by atoms with E-state index in [0.717, 1.165) is 5.56 Å². The van der Waals surface area contributed by atoms with Crippen molar-refractivity contribution in [1.82, 2.24) is 0 Å². The maximum atomic E-state index is 12.3. The number of carbonyl (C=O) groups excluding carboxylic acids is 2. The Hall–Kier alpha value is -2.42. The van der Waals surface area contributed by atoms with E-state index in [2.05, 4.69) is 0 Å². The molecular formula is C16H12O3. The Bertz CT molecular complexity index is 604. The van der Waals surface area contributed by atoms with Crippen LogP contribution in [0.25, 0.3) is 0 Å². The topological polar surface area (TPSA) is 43.4 Å². The summed E-state index contributed by atoms with van der Waals surface area (Å²) in [4.78, 5) is 23.9. The minimum absolute atomic E-state index is 0.144. The molecule has 0 aromatic heterocycles. The van der Waals surface area contributed by atoms with Crippen LogP contribution in [0.15, 0.2) is 60.7 Å². The van der Waals surface area contributed by atoms with E-state index in [-0.39, 0.29) is 11.8 Å². The first-order valence-electron chi connectivity index (χ1n) is 6.12. The summed E-state index contributed by atoms with van der Waals surface area (Å²) < 4.78 is 5.03. The number of rotatable bonds is 3. The number of cyclic esters (lactones) is 1. The SMILES string of the molecule is O=C(c1ccccc1)C1OC(=O)C1c1ccccc1. The van der Waals surface area contributed by atoms with Gasteiger partial charge in [-0.2, -0.15) is 0 Å². The van der Waals surface area contributed by atoms with Crippen LogP contribution in [0.1, 0.15) is 21.8 Å². The van der Waals surface area contributed by atoms with Gasteiger partial charge in [-0.15, -0.1) is 0 Å². The summed E-state index contributed by atoms with van der Waals surface area (Å²) in [6.45, 7) is 0. The zero-order valence-electron chi connectivity index (χ0n) is 10.2. The number of ether oxygens (including phenoxy) is 1. The second-order valence-corrected chi connectivity index (χ2v) is 4.48. The third-order valence-electron chi connectivity index (χ3n) is 3.28. The summed E-state index contributed by atoms with van der Waals surface area (Å²) >= 11 is 0. The van der Waals surface area contributed by atoms with Gasteiger partial charge in [0.2, 0.25) is 5.78 Å². The number of esters is 1. The molecular weight excluding hydrogens is 240 g/mol. The molecule has 0 spiro atoms. The van der Waals surface area contributed by atoms with Crippen LogP contribution in [-0.2, 0) is 9.53 Å². The third-order valence-corrected chi connectivity index (χ3v) is 3.28. The van der Waals surface area contributed by atoms with Gasteiger partial charge < -0.3 is 4.74 Å². The number of benzene rings is 2. The molecule has 0 amide bonds. The van der Waals surface area contributed by atoms with E-state index in [0.29, 0.717) is 5.56 Å². The number of hydrogen-bond donors (Lipinski definition) is 0. The lowest BCUT2D eigenvalue weighted by molar-refractivity contribution is -0.169. The molecule has 1 heterocycles. The van der Waals surface area contributed by atoms with Gasteiger partial charge in [-0.25, -0.2) is 0 Å². The van der Waals surface area contributed by atoms with Crippen LogP contribution in [0.4, 0.5) is 0 Å². The Kier molecular flexibility index (Phi) is 2.88. The van der Waals surface area contributed by atoms with Gasteiger partial charge in [-0.05, 0) is 5.56 Å². The first kappa shape index (κ1) is 11.7. The fraction of sp³-hybridized carbons (Fsp3) is 0.125. The van der Waals surface area contributed by atoms with E-state index in [9.17, 15) is 9.59 Å². The highest BCUT2D eigenvalue weighted by Crippen LogP contribution is 2.34. The molecule has 2 aromatic rings. The highest BCUT2D eigenvalue weighted by Gasteiger charge is 2.48. The minimum Gasteiger partial charge on any atom is -0.452 e. The van der Waals surface area contributed by atoms with Crippen molar-refractivity contribution in [3.63, 3.8) is 0 Å². The first-order chi connectivity index (χ1) is 9.27. The largest absolute Gasteiger partial charge is 0.452 e. The van der Waals surface area contributed by atoms with Gasteiger partial charge in [0.15, 0.2) is 6.10 Å². The van der Waals surface area contributed by atoms with Crippen molar-refractivity contribution >= 4 is 11.8 Å². The maximum Gasteiger partial charge on any atom is 0.318 e. The van der Waals surface area contributed by atoms with Crippen molar-refractivity contribution in [2.75, 3.05) is 0 Å². The third kappa shape index (κ3) is 2.03. The van der Waals surface area contributed by atoms with Gasteiger partial charge in [0, 0.05) is 5.56 Å². The lowest BCUT2D eigenvalue weighted by atomic mass is 9.85. The summed E-state index contributed by atoms with van der Waals surface area (Å²) in [5, 5.41) is 0. The lowest BCUT2D eigenvalue weighted by Gasteiger charge is -2.34. The summed E-state index contributed by atoms with van der Waals surface area (Å²) in [6.07, 6.45) is -0.697. The van der Waals surface area contributed by atoms with E-state index < -0.39 is 12.0 Å². The molecule has 2 atom stereocenters. The zero-order valence-corrected chi connectivity index (χ0v) is 10.2. The number of ketones is 1. The van der Waals surface area contributed by atoms with Crippen molar-refractivity contribution in [1.29, 1.82) is 0 Å². The molecule has 0 aliphatic carbocycles. The monoisotopic (exact) mass is 252 g/mol. The van der Waals surface area contributed by atoms with Gasteiger partial charge in [0.1, 0.15) is 5.92 Å². The molecule has 1 saturated heterocycles. The lowest BCUT2D eigenvalue weighted by Crippen LogP contribution is -2.48. The normalized spacial score (nSPS) is 21.4. The Morgan fingerprint density at radius 3 is 2.05 bits per heavy atom. The van der Waals surface area contributed by atoms with Crippen LogP contribution in [0.3, 0.4) is 0 Å². The smallest absolute Gasteiger partial charge is 0.318 e. The van der Waals surface area contributed by atoms with Crippen LogP contribution in [0, 0.1) is 0 Å². The minimum atomic E-state index is -0.697. The Balaban J connectivity index is 1.87. The molecule has 1 aliphatic heterocycles. The second-order valence-electron chi connectivity index (χ2n) is 4.48. The van der Waals surface area contributed by atoms with Crippen molar-refractivity contribution in [3.05, 3.63) is 71.8 Å². The number of carbonyl (C=O) groups is 2. The summed E-state index contributed by atoms with van der Waals surface area (Å²) in [7, 11) is 0. The molecule has 19 heavy (non-hydrogen) atoms. The van der Waals surface area contributed by atoms with E-state index in [4.69, 9.17) is 4.74 Å². The summed E-state index contributed by atoms with van der Waals surface area (Å²) in [5.74, 6) is -0.955. The van der Waals surface area contributed by atoms with Gasteiger partial charge in [-0.3, -0.25) is 9.59 Å². The van der Waals surface area contributed by atoms with E-state index in [1.54, 1.807) is 24.3 Å². The highest BCUT2D eigenvalue weighted by molar-refractivity contribution is 6.07. The summed E-state index contributed by atoms with van der Waals surface area (Å²) in [5.41, 5.74) is 1.40. The van der Waals surface area contributed by atoms with Crippen LogP contribution < -0.4 is 0 Å². The first-order valence-corrected chi connectivity index (χ1v) is 6.12. The fourth-order valence-corrected chi connectivity index (χ4v) is 2.26. The van der Waals surface area contributed by atoms with E-state index in [1.807, 2.05) is 36.4 Å². The molecule has 3 heteroatoms. The van der Waals surface area contributed by atoms with E-state index in [1.165, 1.54) is 0 Å². The molecule has 0 bridgehead atoms. The average Bonchev–Trinajstić information content (AvgIpc) is 2.46. The second kappa shape index (κ2) is 4.69. The number of Topliss-reactive ketones (excluding diaryl/α,β-unsaturated/α-hetero) is 1. The molecule has 1 fully saturated rings. The fourth-order valence-electron chi connectivity index (χ4n) is 2.26. The molecule has 3 nitrogen and oxygen atoms in total. The molecule has 0 radical (unpaired) electrons. The van der Waals surface area contributed by atoms with Crippen molar-refractivity contribution < 1.29 is 14.3 Å². The summed E-state index contributed by atoms with van der Waals surface area (Å²) in [6, 6.07) is 18.2. The molecule has 0 saturated carbocycles. The predicted octanol–water partition coefficient (Wildman–Crippen LogP) is 2.58. The van der Waals surface area contributed by atoms with Crippen molar-refractivity contribution in [2.45, 2.75) is 12.0 Å². The zero-order chi connectivity index (χ0) is 13.2. The molecule has 3 rings (SSSR count). The Labute approximate surface area is 110 Å². The molecule has 94 valence electrons. The number of hydrogen-bond acceptors (Lipinski definition) is 3. The molecule has 1 aliphatic rings. The van der Waals surface area contributed by atoms with Gasteiger partial charge in [0.05, 0.1) is 0 Å². The van der Waals surface area contributed by atoms with Gasteiger partial charge >= 0.3 is 5.97 Å². The molecule has 2 unspecified atom stereocenters. The van der Waals surface area contributed by atoms with Gasteiger partial charge in [-0.1, -0.05) is 60.7 Å². The maximum absolute atomic E-state index is 12.3. The Morgan fingerprint density at radius 1 is 0.895 bits per heavy atom. The molecule has 0 N–H and O–H groups in total. The highest BCUT2D eigenvalue weighted by atomic mass is 16.6. The van der Waals surface area contributed by atoms with Crippen LogP contribution in [0.5, 0.6) is 0 Å². The van der Waals surface area contributed by atoms with Crippen LogP contribution in [-0.4, -0.2) is 17.9 Å². The average molecular weight is 252 g/mol. The van der Waals surface area contributed by atoms with E-state index >= 15 is 0 Å². The van der Waals surface area contributed by atoms with Crippen molar-refractivity contribution in [2.24, 2.45) is 0 Å². The molecule has 2 aromatic carbocycles. The predicted molar refractivity (Wildman–Crippen MR) is 69.8 cm³/mol. The standard InChI is InChI=1S/C16H12O3/c17-14(12-9-5-2-6-10-12)15-13(16(18)19-15)11-7-3-1-4-8-11/h1-10,13,15H. The van der Waals surface area contributed by atoms with Crippen molar-refractivity contribution in [3.8, 4) is 0 Å².